The van der Waals surface area contributed by atoms with Crippen LogP contribution in [-0.4, -0.2) is 28.9 Å². The van der Waals surface area contributed by atoms with Crippen molar-refractivity contribution < 1.29 is 14.0 Å². The van der Waals surface area contributed by atoms with Crippen LogP contribution in [0.2, 0.25) is 5.02 Å². The smallest absolute Gasteiger partial charge is 0.256 e. The maximum Gasteiger partial charge on any atom is 0.256 e. The molecular formula is C21H19ClFN3O2. The van der Waals surface area contributed by atoms with E-state index in [-0.39, 0.29) is 29.0 Å². The summed E-state index contributed by atoms with van der Waals surface area (Å²) in [5, 5.41) is 6.55. The summed E-state index contributed by atoms with van der Waals surface area (Å²) in [5.74, 6) is -1.72. The molecule has 0 saturated heterocycles. The Bertz CT molecular complexity index is 1020. The standard InChI is InChI=1S/C21H19ClFN3O2/c22-15-5-3-6-16(23)19(15)21(28)26-18(20(27)25-13-8-9-13)10-12-11-24-17-7-2-1-4-14(12)17/h1-7,11,13,18,24H,8-10H2,(H,25,27)(H,26,28)/t18-/m0/s1. The van der Waals surface area contributed by atoms with Crippen molar-refractivity contribution in [2.24, 2.45) is 0 Å². The summed E-state index contributed by atoms with van der Waals surface area (Å²) in [5.41, 5.74) is 1.58. The van der Waals surface area contributed by atoms with Crippen molar-refractivity contribution in [1.82, 2.24) is 15.6 Å². The van der Waals surface area contributed by atoms with Gasteiger partial charge in [0.15, 0.2) is 0 Å². The number of hydrogen-bond acceptors (Lipinski definition) is 2. The van der Waals surface area contributed by atoms with Crippen molar-refractivity contribution in [3.05, 3.63) is 70.6 Å². The van der Waals surface area contributed by atoms with E-state index in [1.807, 2.05) is 30.5 Å². The third-order valence-corrected chi connectivity index (χ3v) is 5.15. The minimum atomic E-state index is -0.844. The van der Waals surface area contributed by atoms with Crippen molar-refractivity contribution in [3.8, 4) is 0 Å². The van der Waals surface area contributed by atoms with Crippen molar-refractivity contribution in [1.29, 1.82) is 0 Å². The highest BCUT2D eigenvalue weighted by Gasteiger charge is 2.30. The van der Waals surface area contributed by atoms with E-state index in [0.29, 0.717) is 0 Å². The number of para-hydroxylation sites is 1. The van der Waals surface area contributed by atoms with Crippen LogP contribution in [0, 0.1) is 5.82 Å². The first kappa shape index (κ1) is 18.5. The van der Waals surface area contributed by atoms with Gasteiger partial charge in [0.2, 0.25) is 5.91 Å². The minimum Gasteiger partial charge on any atom is -0.361 e. The van der Waals surface area contributed by atoms with Gasteiger partial charge in [-0.25, -0.2) is 4.39 Å². The van der Waals surface area contributed by atoms with Gasteiger partial charge in [0.1, 0.15) is 11.9 Å². The number of carbonyl (C=O) groups is 2. The number of H-pyrrole nitrogens is 1. The highest BCUT2D eigenvalue weighted by atomic mass is 35.5. The first-order valence-electron chi connectivity index (χ1n) is 9.13. The number of amides is 2. The second-order valence-corrected chi connectivity index (χ2v) is 7.38. The number of carbonyl (C=O) groups excluding carboxylic acids is 2. The molecule has 5 nitrogen and oxygen atoms in total. The molecular weight excluding hydrogens is 381 g/mol. The zero-order valence-corrected chi connectivity index (χ0v) is 15.7. The van der Waals surface area contributed by atoms with Gasteiger partial charge in [0.25, 0.3) is 5.91 Å². The lowest BCUT2D eigenvalue weighted by molar-refractivity contribution is -0.123. The molecule has 144 valence electrons. The third-order valence-electron chi connectivity index (χ3n) is 4.83. The largest absolute Gasteiger partial charge is 0.361 e. The molecule has 1 aliphatic carbocycles. The van der Waals surface area contributed by atoms with Crippen molar-refractivity contribution in [2.75, 3.05) is 0 Å². The summed E-state index contributed by atoms with van der Waals surface area (Å²) in [6.07, 6.45) is 3.96. The van der Waals surface area contributed by atoms with Crippen LogP contribution in [0.15, 0.2) is 48.7 Å². The number of fused-ring (bicyclic) bond motifs is 1. The molecule has 0 bridgehead atoms. The molecule has 0 unspecified atom stereocenters. The Labute approximate surface area is 166 Å². The van der Waals surface area contributed by atoms with Gasteiger partial charge in [-0.2, -0.15) is 0 Å². The number of aromatic nitrogens is 1. The second-order valence-electron chi connectivity index (χ2n) is 6.97. The van der Waals surface area contributed by atoms with Crippen LogP contribution in [0.4, 0.5) is 4.39 Å². The molecule has 0 radical (unpaired) electrons. The Morgan fingerprint density at radius 3 is 2.71 bits per heavy atom. The van der Waals surface area contributed by atoms with Gasteiger partial charge >= 0.3 is 0 Å². The fraction of sp³-hybridized carbons (Fsp3) is 0.238. The van der Waals surface area contributed by atoms with E-state index < -0.39 is 17.8 Å². The van der Waals surface area contributed by atoms with Gasteiger partial charge in [-0.15, -0.1) is 0 Å². The van der Waals surface area contributed by atoms with Gasteiger partial charge in [-0.05, 0) is 36.6 Å². The highest BCUT2D eigenvalue weighted by molar-refractivity contribution is 6.33. The fourth-order valence-electron chi connectivity index (χ4n) is 3.20. The third kappa shape index (κ3) is 3.87. The monoisotopic (exact) mass is 399 g/mol. The lowest BCUT2D eigenvalue weighted by atomic mass is 10.0. The van der Waals surface area contributed by atoms with E-state index in [1.54, 1.807) is 0 Å². The minimum absolute atomic E-state index is 0.00550. The van der Waals surface area contributed by atoms with Crippen LogP contribution in [0.1, 0.15) is 28.8 Å². The molecule has 1 atom stereocenters. The Kier molecular flexibility index (Phi) is 5.05. The Morgan fingerprint density at radius 2 is 1.96 bits per heavy atom. The Hall–Kier alpha value is -2.86. The summed E-state index contributed by atoms with van der Waals surface area (Å²) in [6, 6.07) is 11.1. The number of benzene rings is 2. The Balaban J connectivity index is 1.60. The molecule has 4 rings (SSSR count). The van der Waals surface area contributed by atoms with Gasteiger partial charge < -0.3 is 15.6 Å². The molecule has 2 aromatic carbocycles. The number of nitrogens with one attached hydrogen (secondary N) is 3. The molecule has 3 aromatic rings. The number of halogens is 2. The fourth-order valence-corrected chi connectivity index (χ4v) is 3.45. The van der Waals surface area contributed by atoms with Crippen molar-refractivity contribution in [2.45, 2.75) is 31.3 Å². The molecule has 0 spiro atoms. The number of aromatic amines is 1. The van der Waals surface area contributed by atoms with Crippen LogP contribution in [0.3, 0.4) is 0 Å². The van der Waals surface area contributed by atoms with Crippen LogP contribution in [0.5, 0.6) is 0 Å². The van der Waals surface area contributed by atoms with E-state index in [1.165, 1.54) is 18.2 Å². The van der Waals surface area contributed by atoms with E-state index in [9.17, 15) is 14.0 Å². The molecule has 3 N–H and O–H groups in total. The zero-order valence-electron chi connectivity index (χ0n) is 15.0. The van der Waals surface area contributed by atoms with Gasteiger partial charge in [-0.1, -0.05) is 35.9 Å². The highest BCUT2D eigenvalue weighted by Crippen LogP contribution is 2.23. The summed E-state index contributed by atoms with van der Waals surface area (Å²) in [6.45, 7) is 0. The first-order valence-corrected chi connectivity index (χ1v) is 9.51. The molecule has 28 heavy (non-hydrogen) atoms. The Morgan fingerprint density at radius 1 is 1.18 bits per heavy atom. The molecule has 1 aromatic heterocycles. The quantitative estimate of drug-likeness (QED) is 0.592. The van der Waals surface area contributed by atoms with Gasteiger partial charge in [0.05, 0.1) is 10.6 Å². The van der Waals surface area contributed by atoms with Crippen LogP contribution in [0.25, 0.3) is 10.9 Å². The number of rotatable bonds is 6. The molecule has 7 heteroatoms. The molecule has 0 aliphatic heterocycles. The lowest BCUT2D eigenvalue weighted by Gasteiger charge is -2.19. The molecule has 1 heterocycles. The summed E-state index contributed by atoms with van der Waals surface area (Å²) in [7, 11) is 0. The SMILES string of the molecule is O=C(N[C@@H](Cc1c[nH]c2ccccc12)C(=O)NC1CC1)c1c(F)cccc1Cl. The van der Waals surface area contributed by atoms with Crippen LogP contribution in [-0.2, 0) is 11.2 Å². The average molecular weight is 400 g/mol. The van der Waals surface area contributed by atoms with E-state index in [2.05, 4.69) is 15.6 Å². The number of hydrogen-bond donors (Lipinski definition) is 3. The first-order chi connectivity index (χ1) is 13.5. The van der Waals surface area contributed by atoms with Crippen LogP contribution >= 0.6 is 11.6 Å². The average Bonchev–Trinajstić information content (AvgIpc) is 3.39. The predicted molar refractivity (Wildman–Crippen MR) is 106 cm³/mol. The van der Waals surface area contributed by atoms with E-state index in [4.69, 9.17) is 11.6 Å². The molecule has 1 saturated carbocycles. The summed E-state index contributed by atoms with van der Waals surface area (Å²) in [4.78, 5) is 28.6. The van der Waals surface area contributed by atoms with E-state index in [0.717, 1.165) is 29.3 Å². The maximum atomic E-state index is 14.1. The lowest BCUT2D eigenvalue weighted by Crippen LogP contribution is -2.48. The zero-order chi connectivity index (χ0) is 19.7. The van der Waals surface area contributed by atoms with Gasteiger partial charge in [-0.3, -0.25) is 9.59 Å². The topological polar surface area (TPSA) is 74.0 Å². The predicted octanol–water partition coefficient (Wildman–Crippen LogP) is 3.58. The molecule has 1 fully saturated rings. The summed E-state index contributed by atoms with van der Waals surface area (Å²) < 4.78 is 14.1. The second kappa shape index (κ2) is 7.64. The normalized spacial score (nSPS) is 14.6. The van der Waals surface area contributed by atoms with Gasteiger partial charge in [0, 0.05) is 29.6 Å². The summed E-state index contributed by atoms with van der Waals surface area (Å²) >= 11 is 6.00. The molecule has 1 aliphatic rings. The van der Waals surface area contributed by atoms with E-state index >= 15 is 0 Å². The molecule has 2 amide bonds. The maximum absolute atomic E-state index is 14.1. The van der Waals surface area contributed by atoms with Crippen molar-refractivity contribution >= 4 is 34.3 Å². The van der Waals surface area contributed by atoms with Crippen LogP contribution < -0.4 is 10.6 Å². The van der Waals surface area contributed by atoms with Crippen molar-refractivity contribution in [3.63, 3.8) is 0 Å².